The first-order valence-corrected chi connectivity index (χ1v) is 8.05. The topological polar surface area (TPSA) is 41.1 Å². The van der Waals surface area contributed by atoms with Crippen LogP contribution in [0, 0.1) is 0 Å². The number of halogens is 1. The number of hydrogen-bond acceptors (Lipinski definition) is 3. The van der Waals surface area contributed by atoms with Gasteiger partial charge in [0.15, 0.2) is 0 Å². The summed E-state index contributed by atoms with van der Waals surface area (Å²) in [6.07, 6.45) is 0.755. The van der Waals surface area contributed by atoms with Gasteiger partial charge in [-0.25, -0.2) is 0 Å². The van der Waals surface area contributed by atoms with Crippen molar-refractivity contribution in [1.29, 1.82) is 0 Å². The van der Waals surface area contributed by atoms with Crippen LogP contribution in [0.15, 0.2) is 24.3 Å². The van der Waals surface area contributed by atoms with Crippen molar-refractivity contribution in [2.75, 3.05) is 18.1 Å². The van der Waals surface area contributed by atoms with E-state index in [0.717, 1.165) is 35.1 Å². The number of amides is 1. The largest absolute Gasteiger partial charge is 0.352 e. The van der Waals surface area contributed by atoms with E-state index in [2.05, 4.69) is 10.6 Å². The summed E-state index contributed by atoms with van der Waals surface area (Å²) in [7, 11) is 0. The molecule has 3 nitrogen and oxygen atoms in total. The Morgan fingerprint density at radius 3 is 3.05 bits per heavy atom. The first kappa shape index (κ1) is 14.7. The fraction of sp³-hybridized carbons (Fsp3) is 0.500. The maximum absolute atomic E-state index is 12.1. The molecule has 2 N–H and O–H groups in total. The molecule has 0 aliphatic carbocycles. The molecule has 5 heteroatoms. The average molecular weight is 299 g/mol. The minimum absolute atomic E-state index is 0.0626. The van der Waals surface area contributed by atoms with E-state index >= 15 is 0 Å². The van der Waals surface area contributed by atoms with Gasteiger partial charge in [-0.1, -0.05) is 29.8 Å². The van der Waals surface area contributed by atoms with Gasteiger partial charge in [-0.15, -0.1) is 0 Å². The molecule has 0 spiro atoms. The normalized spacial score (nSPS) is 20.8. The second-order valence-corrected chi connectivity index (χ2v) is 6.34. The zero-order valence-electron chi connectivity index (χ0n) is 11.0. The molecule has 1 aliphatic heterocycles. The van der Waals surface area contributed by atoms with Crippen molar-refractivity contribution in [2.45, 2.75) is 25.4 Å². The monoisotopic (exact) mass is 298 g/mol. The summed E-state index contributed by atoms with van der Waals surface area (Å²) >= 11 is 7.95. The Balaban J connectivity index is 1.85. The van der Waals surface area contributed by atoms with E-state index in [1.54, 1.807) is 0 Å². The maximum atomic E-state index is 12.1. The SMILES string of the molecule is CC(Cc1ccccc1Cl)NC(=O)C1CSCCN1. The summed E-state index contributed by atoms with van der Waals surface area (Å²) in [5, 5.41) is 7.05. The van der Waals surface area contributed by atoms with Crippen LogP contribution in [0.1, 0.15) is 12.5 Å². The molecule has 19 heavy (non-hydrogen) atoms. The molecule has 2 rings (SSSR count). The molecule has 1 heterocycles. The Morgan fingerprint density at radius 1 is 1.58 bits per heavy atom. The van der Waals surface area contributed by atoms with Crippen molar-refractivity contribution < 1.29 is 4.79 Å². The zero-order chi connectivity index (χ0) is 13.7. The number of benzene rings is 1. The van der Waals surface area contributed by atoms with E-state index in [1.165, 1.54) is 0 Å². The summed E-state index contributed by atoms with van der Waals surface area (Å²) in [6.45, 7) is 2.92. The molecule has 0 bridgehead atoms. The summed E-state index contributed by atoms with van der Waals surface area (Å²) in [5.74, 6) is 2.02. The lowest BCUT2D eigenvalue weighted by molar-refractivity contribution is -0.123. The van der Waals surface area contributed by atoms with E-state index in [1.807, 2.05) is 43.0 Å². The highest BCUT2D eigenvalue weighted by atomic mass is 35.5. The Labute approximate surface area is 123 Å². The Hall–Kier alpha value is -0.710. The van der Waals surface area contributed by atoms with Crippen molar-refractivity contribution in [3.63, 3.8) is 0 Å². The molecule has 1 saturated heterocycles. The highest BCUT2D eigenvalue weighted by Crippen LogP contribution is 2.16. The second kappa shape index (κ2) is 7.17. The van der Waals surface area contributed by atoms with Gasteiger partial charge in [0.2, 0.25) is 5.91 Å². The Morgan fingerprint density at radius 2 is 2.37 bits per heavy atom. The van der Waals surface area contributed by atoms with E-state index in [4.69, 9.17) is 11.6 Å². The van der Waals surface area contributed by atoms with E-state index in [9.17, 15) is 4.79 Å². The molecule has 2 atom stereocenters. The van der Waals surface area contributed by atoms with E-state index < -0.39 is 0 Å². The van der Waals surface area contributed by atoms with Crippen molar-refractivity contribution >= 4 is 29.3 Å². The van der Waals surface area contributed by atoms with Crippen LogP contribution in [-0.2, 0) is 11.2 Å². The van der Waals surface area contributed by atoms with Crippen LogP contribution in [0.3, 0.4) is 0 Å². The first-order chi connectivity index (χ1) is 9.16. The van der Waals surface area contributed by atoms with Crippen molar-refractivity contribution in [3.05, 3.63) is 34.9 Å². The third kappa shape index (κ3) is 4.41. The molecule has 0 saturated carbocycles. The van der Waals surface area contributed by atoms with Gasteiger partial charge in [0.05, 0.1) is 6.04 Å². The number of carbonyl (C=O) groups excluding carboxylic acids is 1. The van der Waals surface area contributed by atoms with Crippen LogP contribution in [0.4, 0.5) is 0 Å². The molecule has 0 aromatic heterocycles. The van der Waals surface area contributed by atoms with Gasteiger partial charge < -0.3 is 10.6 Å². The molecular weight excluding hydrogens is 280 g/mol. The summed E-state index contributed by atoms with van der Waals surface area (Å²) in [6, 6.07) is 7.78. The van der Waals surface area contributed by atoms with E-state index in [0.29, 0.717) is 0 Å². The van der Waals surface area contributed by atoms with Crippen LogP contribution >= 0.6 is 23.4 Å². The standard InChI is InChI=1S/C14H19ClN2OS/c1-10(8-11-4-2-3-5-12(11)15)17-14(18)13-9-19-7-6-16-13/h2-5,10,13,16H,6-9H2,1H3,(H,17,18). The van der Waals surface area contributed by atoms with Gasteiger partial charge in [-0.3, -0.25) is 4.79 Å². The summed E-state index contributed by atoms with van der Waals surface area (Å²) < 4.78 is 0. The van der Waals surface area contributed by atoms with Crippen LogP contribution in [0.5, 0.6) is 0 Å². The van der Waals surface area contributed by atoms with E-state index in [-0.39, 0.29) is 18.0 Å². The molecule has 2 unspecified atom stereocenters. The first-order valence-electron chi connectivity index (χ1n) is 6.51. The van der Waals surface area contributed by atoms with Gasteiger partial charge in [0.25, 0.3) is 0 Å². The number of thioether (sulfide) groups is 1. The van der Waals surface area contributed by atoms with Crippen LogP contribution in [-0.4, -0.2) is 36.0 Å². The molecule has 1 fully saturated rings. The average Bonchev–Trinajstić information content (AvgIpc) is 2.42. The highest BCUT2D eigenvalue weighted by molar-refractivity contribution is 7.99. The fourth-order valence-corrected chi connectivity index (χ4v) is 3.27. The molecular formula is C14H19ClN2OS. The zero-order valence-corrected chi connectivity index (χ0v) is 12.6. The minimum atomic E-state index is -0.0626. The quantitative estimate of drug-likeness (QED) is 0.894. The third-order valence-corrected chi connectivity index (χ3v) is 4.54. The molecule has 0 radical (unpaired) electrons. The predicted octanol–water partition coefficient (Wildman–Crippen LogP) is 2.09. The fourth-order valence-electron chi connectivity index (χ4n) is 2.12. The molecule has 1 aromatic carbocycles. The van der Waals surface area contributed by atoms with Gasteiger partial charge >= 0.3 is 0 Å². The van der Waals surface area contributed by atoms with Crippen molar-refractivity contribution in [1.82, 2.24) is 10.6 Å². The van der Waals surface area contributed by atoms with Crippen LogP contribution in [0.25, 0.3) is 0 Å². The predicted molar refractivity (Wildman–Crippen MR) is 81.9 cm³/mol. The summed E-state index contributed by atoms with van der Waals surface area (Å²) in [4.78, 5) is 12.1. The molecule has 1 aromatic rings. The second-order valence-electron chi connectivity index (χ2n) is 4.79. The van der Waals surface area contributed by atoms with Gasteiger partial charge in [0, 0.05) is 29.1 Å². The van der Waals surface area contributed by atoms with Crippen LogP contribution in [0.2, 0.25) is 5.02 Å². The number of nitrogens with one attached hydrogen (secondary N) is 2. The lowest BCUT2D eigenvalue weighted by Crippen LogP contribution is -2.51. The lowest BCUT2D eigenvalue weighted by Gasteiger charge is -2.24. The Bertz CT molecular complexity index is 435. The molecule has 104 valence electrons. The number of carbonyl (C=O) groups is 1. The Kier molecular flexibility index (Phi) is 5.55. The molecule has 1 aliphatic rings. The number of rotatable bonds is 4. The number of hydrogen-bond donors (Lipinski definition) is 2. The highest BCUT2D eigenvalue weighted by Gasteiger charge is 2.22. The van der Waals surface area contributed by atoms with Crippen molar-refractivity contribution in [2.24, 2.45) is 0 Å². The minimum Gasteiger partial charge on any atom is -0.352 e. The van der Waals surface area contributed by atoms with Gasteiger partial charge in [0.1, 0.15) is 0 Å². The van der Waals surface area contributed by atoms with Crippen LogP contribution < -0.4 is 10.6 Å². The molecule has 1 amide bonds. The summed E-state index contributed by atoms with van der Waals surface area (Å²) in [5.41, 5.74) is 1.07. The lowest BCUT2D eigenvalue weighted by atomic mass is 10.1. The van der Waals surface area contributed by atoms with Gasteiger partial charge in [-0.2, -0.15) is 11.8 Å². The smallest absolute Gasteiger partial charge is 0.238 e. The maximum Gasteiger partial charge on any atom is 0.238 e. The third-order valence-electron chi connectivity index (χ3n) is 3.11. The van der Waals surface area contributed by atoms with Crippen molar-refractivity contribution in [3.8, 4) is 0 Å². The van der Waals surface area contributed by atoms with Gasteiger partial charge in [-0.05, 0) is 25.0 Å².